The van der Waals surface area contributed by atoms with Crippen molar-refractivity contribution < 1.29 is 9.18 Å². The zero-order valence-electron chi connectivity index (χ0n) is 16.0. The number of aromatic amines is 1. The lowest BCUT2D eigenvalue weighted by Gasteiger charge is -2.08. The van der Waals surface area contributed by atoms with Gasteiger partial charge in [-0.2, -0.15) is 0 Å². The number of thiophene rings is 1. The Labute approximate surface area is 170 Å². The highest BCUT2D eigenvalue weighted by Gasteiger charge is 2.17. The van der Waals surface area contributed by atoms with Crippen LogP contribution in [-0.4, -0.2) is 21.6 Å². The molecule has 0 unspecified atom stereocenters. The summed E-state index contributed by atoms with van der Waals surface area (Å²) in [5, 5.41) is 3.70. The van der Waals surface area contributed by atoms with Gasteiger partial charge in [-0.05, 0) is 43.0 Å². The maximum atomic E-state index is 13.2. The number of H-pyrrole nitrogens is 1. The SMILES string of the molecule is CC[C@H](C)Cc1c(C)sc2nc(SCC(=O)Nc3cccc(F)c3)[nH]c(=O)c12. The Bertz CT molecular complexity index is 1060. The zero-order valence-corrected chi connectivity index (χ0v) is 17.6. The minimum absolute atomic E-state index is 0.0645. The molecule has 0 aliphatic heterocycles. The minimum Gasteiger partial charge on any atom is -0.325 e. The van der Waals surface area contributed by atoms with Gasteiger partial charge in [0.15, 0.2) is 5.16 Å². The van der Waals surface area contributed by atoms with Crippen LogP contribution >= 0.6 is 23.1 Å². The number of carbonyl (C=O) groups excluding carboxylic acids is 1. The Morgan fingerprint density at radius 3 is 2.93 bits per heavy atom. The van der Waals surface area contributed by atoms with Crippen LogP contribution in [0.3, 0.4) is 0 Å². The molecule has 0 aliphatic carbocycles. The molecule has 0 spiro atoms. The Hall–Kier alpha value is -2.19. The molecule has 8 heteroatoms. The Balaban J connectivity index is 1.74. The van der Waals surface area contributed by atoms with Crippen LogP contribution in [-0.2, 0) is 11.2 Å². The van der Waals surface area contributed by atoms with Gasteiger partial charge in [0.25, 0.3) is 5.56 Å². The number of thioether (sulfide) groups is 1. The monoisotopic (exact) mass is 419 g/mol. The van der Waals surface area contributed by atoms with Crippen molar-refractivity contribution in [3.05, 3.63) is 50.9 Å². The van der Waals surface area contributed by atoms with E-state index in [4.69, 9.17) is 0 Å². The van der Waals surface area contributed by atoms with E-state index in [1.54, 1.807) is 6.07 Å². The molecule has 3 aromatic rings. The summed E-state index contributed by atoms with van der Waals surface area (Å²) in [6.07, 6.45) is 1.91. The number of halogens is 1. The van der Waals surface area contributed by atoms with Crippen molar-refractivity contribution in [3.63, 3.8) is 0 Å². The molecule has 1 aromatic carbocycles. The molecule has 2 N–H and O–H groups in total. The molecule has 5 nitrogen and oxygen atoms in total. The van der Waals surface area contributed by atoms with Crippen molar-refractivity contribution >= 4 is 44.9 Å². The highest BCUT2D eigenvalue weighted by Crippen LogP contribution is 2.30. The van der Waals surface area contributed by atoms with Gasteiger partial charge in [0.2, 0.25) is 5.91 Å². The first-order valence-corrected chi connectivity index (χ1v) is 10.9. The summed E-state index contributed by atoms with van der Waals surface area (Å²) in [4.78, 5) is 33.8. The van der Waals surface area contributed by atoms with Crippen LogP contribution in [0, 0.1) is 18.7 Å². The molecule has 0 saturated heterocycles. The number of aryl methyl sites for hydroxylation is 1. The number of rotatable bonds is 7. The number of nitrogens with zero attached hydrogens (tertiary/aromatic N) is 1. The van der Waals surface area contributed by atoms with E-state index in [1.165, 1.54) is 29.5 Å². The zero-order chi connectivity index (χ0) is 20.3. The summed E-state index contributed by atoms with van der Waals surface area (Å²) < 4.78 is 13.2. The number of amides is 1. The van der Waals surface area contributed by atoms with Crippen molar-refractivity contribution in [2.75, 3.05) is 11.1 Å². The van der Waals surface area contributed by atoms with Gasteiger partial charge in [0.1, 0.15) is 10.6 Å². The largest absolute Gasteiger partial charge is 0.325 e. The normalized spacial score (nSPS) is 12.3. The van der Waals surface area contributed by atoms with E-state index >= 15 is 0 Å². The first-order valence-electron chi connectivity index (χ1n) is 9.07. The average Bonchev–Trinajstić information content (AvgIpc) is 2.95. The first kappa shape index (κ1) is 20.5. The third kappa shape index (κ3) is 4.80. The summed E-state index contributed by atoms with van der Waals surface area (Å²) in [6.45, 7) is 6.33. The molecule has 2 aromatic heterocycles. The second kappa shape index (κ2) is 8.87. The molecule has 148 valence electrons. The van der Waals surface area contributed by atoms with E-state index in [0.29, 0.717) is 27.0 Å². The van der Waals surface area contributed by atoms with Crippen molar-refractivity contribution in [1.29, 1.82) is 0 Å². The number of benzene rings is 1. The second-order valence-electron chi connectivity index (χ2n) is 6.75. The summed E-state index contributed by atoms with van der Waals surface area (Å²) >= 11 is 2.66. The number of hydrogen-bond acceptors (Lipinski definition) is 5. The fourth-order valence-electron chi connectivity index (χ4n) is 2.86. The van der Waals surface area contributed by atoms with E-state index in [9.17, 15) is 14.0 Å². The van der Waals surface area contributed by atoms with Crippen LogP contribution in [0.25, 0.3) is 10.2 Å². The molecule has 2 heterocycles. The molecule has 1 amide bonds. The van der Waals surface area contributed by atoms with Gasteiger partial charge in [-0.15, -0.1) is 11.3 Å². The Kier molecular flexibility index (Phi) is 6.51. The predicted molar refractivity (Wildman–Crippen MR) is 114 cm³/mol. The maximum absolute atomic E-state index is 13.2. The molecule has 0 radical (unpaired) electrons. The van der Waals surface area contributed by atoms with Crippen LogP contribution < -0.4 is 10.9 Å². The van der Waals surface area contributed by atoms with Crippen LogP contribution in [0.4, 0.5) is 10.1 Å². The second-order valence-corrected chi connectivity index (χ2v) is 8.92. The van der Waals surface area contributed by atoms with Crippen molar-refractivity contribution in [1.82, 2.24) is 9.97 Å². The van der Waals surface area contributed by atoms with Gasteiger partial charge in [-0.25, -0.2) is 9.37 Å². The minimum atomic E-state index is -0.414. The molecule has 0 saturated carbocycles. The van der Waals surface area contributed by atoms with Gasteiger partial charge >= 0.3 is 0 Å². The molecule has 28 heavy (non-hydrogen) atoms. The van der Waals surface area contributed by atoms with Gasteiger partial charge in [-0.1, -0.05) is 38.1 Å². The summed E-state index contributed by atoms with van der Waals surface area (Å²) in [7, 11) is 0. The highest BCUT2D eigenvalue weighted by atomic mass is 32.2. The van der Waals surface area contributed by atoms with Gasteiger partial charge in [-0.3, -0.25) is 9.59 Å². The number of nitrogens with one attached hydrogen (secondary N) is 2. The fraction of sp³-hybridized carbons (Fsp3) is 0.350. The molecular formula is C20H22FN3O2S2. The number of fused-ring (bicyclic) bond motifs is 1. The highest BCUT2D eigenvalue weighted by molar-refractivity contribution is 7.99. The summed E-state index contributed by atoms with van der Waals surface area (Å²) in [5.74, 6) is -0.146. The van der Waals surface area contributed by atoms with Crippen LogP contribution in [0.5, 0.6) is 0 Å². The molecular weight excluding hydrogens is 397 g/mol. The number of anilines is 1. The van der Waals surface area contributed by atoms with Crippen LogP contribution in [0.15, 0.2) is 34.2 Å². The van der Waals surface area contributed by atoms with Gasteiger partial charge in [0.05, 0.1) is 11.1 Å². The lowest BCUT2D eigenvalue weighted by Crippen LogP contribution is -2.15. The lowest BCUT2D eigenvalue weighted by atomic mass is 9.98. The van der Waals surface area contributed by atoms with E-state index < -0.39 is 5.82 Å². The Morgan fingerprint density at radius 2 is 2.21 bits per heavy atom. The lowest BCUT2D eigenvalue weighted by molar-refractivity contribution is -0.113. The van der Waals surface area contributed by atoms with E-state index in [-0.39, 0.29) is 17.2 Å². The van der Waals surface area contributed by atoms with E-state index in [1.807, 2.05) is 6.92 Å². The fourth-order valence-corrected chi connectivity index (χ4v) is 4.63. The average molecular weight is 420 g/mol. The standard InChI is InChI=1S/C20H22FN3O2S2/c1-4-11(2)8-15-12(3)28-19-17(15)18(26)23-20(24-19)27-10-16(25)22-14-7-5-6-13(21)9-14/h5-7,9,11H,4,8,10H2,1-3H3,(H,22,25)(H,23,24,26)/t11-/m0/s1. The molecule has 3 rings (SSSR count). The van der Waals surface area contributed by atoms with Gasteiger partial charge in [0, 0.05) is 10.6 Å². The third-order valence-corrected chi connectivity index (χ3v) is 6.45. The van der Waals surface area contributed by atoms with E-state index in [0.717, 1.165) is 35.0 Å². The maximum Gasteiger partial charge on any atom is 0.260 e. The van der Waals surface area contributed by atoms with Crippen molar-refractivity contribution in [2.24, 2.45) is 5.92 Å². The van der Waals surface area contributed by atoms with Gasteiger partial charge < -0.3 is 10.3 Å². The number of carbonyl (C=O) groups is 1. The molecule has 0 aliphatic rings. The Morgan fingerprint density at radius 1 is 1.43 bits per heavy atom. The predicted octanol–water partition coefficient (Wildman–Crippen LogP) is 4.75. The smallest absolute Gasteiger partial charge is 0.260 e. The van der Waals surface area contributed by atoms with E-state index in [2.05, 4.69) is 29.1 Å². The van der Waals surface area contributed by atoms with Crippen molar-refractivity contribution in [2.45, 2.75) is 38.8 Å². The molecule has 0 fully saturated rings. The summed E-state index contributed by atoms with van der Waals surface area (Å²) in [6, 6.07) is 5.71. The molecule has 1 atom stereocenters. The third-order valence-electron chi connectivity index (χ3n) is 4.54. The number of aromatic nitrogens is 2. The van der Waals surface area contributed by atoms with Crippen LogP contribution in [0.1, 0.15) is 30.7 Å². The quantitative estimate of drug-likeness (QED) is 0.428. The topological polar surface area (TPSA) is 74.8 Å². The summed E-state index contributed by atoms with van der Waals surface area (Å²) in [5.41, 5.74) is 1.30. The van der Waals surface area contributed by atoms with Crippen molar-refractivity contribution in [3.8, 4) is 0 Å². The van der Waals surface area contributed by atoms with Crippen LogP contribution in [0.2, 0.25) is 0 Å². The molecule has 0 bridgehead atoms. The number of hydrogen-bond donors (Lipinski definition) is 2. The first-order chi connectivity index (χ1) is 13.4.